The van der Waals surface area contributed by atoms with Crippen LogP contribution in [0.15, 0.2) is 18.2 Å². The van der Waals surface area contributed by atoms with E-state index in [2.05, 4.69) is 0 Å². The fraction of sp³-hybridized carbons (Fsp3) is 0.625. The molecule has 0 spiro atoms. The molecule has 130 valence electrons. The van der Waals surface area contributed by atoms with Crippen molar-refractivity contribution in [3.63, 3.8) is 0 Å². The molecule has 23 heavy (non-hydrogen) atoms. The quantitative estimate of drug-likeness (QED) is 0.797. The summed E-state index contributed by atoms with van der Waals surface area (Å²) < 4.78 is 39.4. The standard InChI is InChI=1S/C16H26N2O4S/c1-12(2)17(3)23(19,20)18-10-6-7-15(18)14-9-8-13(21-4)11-16(14)22-5/h8-9,11-12,15H,6-7,10H2,1-5H3. The maximum atomic E-state index is 12.9. The minimum atomic E-state index is -3.50. The molecule has 1 unspecified atom stereocenters. The van der Waals surface area contributed by atoms with Crippen LogP contribution in [0.1, 0.15) is 38.3 Å². The predicted octanol–water partition coefficient (Wildman–Crippen LogP) is 2.43. The van der Waals surface area contributed by atoms with Crippen molar-refractivity contribution in [2.24, 2.45) is 0 Å². The van der Waals surface area contributed by atoms with Gasteiger partial charge in [0.25, 0.3) is 10.2 Å². The van der Waals surface area contributed by atoms with Crippen molar-refractivity contribution >= 4 is 10.2 Å². The number of benzene rings is 1. The molecule has 1 saturated heterocycles. The highest BCUT2D eigenvalue weighted by Crippen LogP contribution is 2.40. The minimum Gasteiger partial charge on any atom is -0.497 e. The second-order valence-electron chi connectivity index (χ2n) is 5.99. The number of hydrogen-bond donors (Lipinski definition) is 0. The molecule has 1 heterocycles. The first-order valence-corrected chi connectivity index (χ1v) is 9.19. The van der Waals surface area contributed by atoms with E-state index in [1.54, 1.807) is 31.6 Å². The molecular weight excluding hydrogens is 316 g/mol. The predicted molar refractivity (Wildman–Crippen MR) is 90.0 cm³/mol. The van der Waals surface area contributed by atoms with Gasteiger partial charge in [-0.05, 0) is 32.8 Å². The van der Waals surface area contributed by atoms with E-state index in [1.807, 2.05) is 26.0 Å². The average Bonchev–Trinajstić information content (AvgIpc) is 3.03. The zero-order valence-electron chi connectivity index (χ0n) is 14.4. The van der Waals surface area contributed by atoms with Gasteiger partial charge in [0.1, 0.15) is 11.5 Å². The molecule has 1 aliphatic rings. The van der Waals surface area contributed by atoms with Crippen molar-refractivity contribution in [2.45, 2.75) is 38.8 Å². The van der Waals surface area contributed by atoms with Crippen molar-refractivity contribution in [3.05, 3.63) is 23.8 Å². The summed E-state index contributed by atoms with van der Waals surface area (Å²) in [6, 6.07) is 5.24. The lowest BCUT2D eigenvalue weighted by molar-refractivity contribution is 0.318. The summed E-state index contributed by atoms with van der Waals surface area (Å²) in [6.07, 6.45) is 1.62. The summed E-state index contributed by atoms with van der Waals surface area (Å²) in [7, 11) is 1.31. The van der Waals surface area contributed by atoms with Crippen LogP contribution >= 0.6 is 0 Å². The molecule has 0 saturated carbocycles. The van der Waals surface area contributed by atoms with Gasteiger partial charge in [-0.2, -0.15) is 17.0 Å². The Balaban J connectivity index is 2.40. The monoisotopic (exact) mass is 342 g/mol. The van der Waals surface area contributed by atoms with Crippen LogP contribution in [0.2, 0.25) is 0 Å². The molecule has 7 heteroatoms. The largest absolute Gasteiger partial charge is 0.497 e. The number of nitrogens with zero attached hydrogens (tertiary/aromatic N) is 2. The topological polar surface area (TPSA) is 59.1 Å². The van der Waals surface area contributed by atoms with Crippen molar-refractivity contribution in [1.29, 1.82) is 0 Å². The van der Waals surface area contributed by atoms with Crippen LogP contribution in [0.5, 0.6) is 11.5 Å². The number of methoxy groups -OCH3 is 2. The third-order valence-corrected chi connectivity index (χ3v) is 6.57. The summed E-state index contributed by atoms with van der Waals surface area (Å²) in [4.78, 5) is 0. The summed E-state index contributed by atoms with van der Waals surface area (Å²) in [6.45, 7) is 4.27. The maximum Gasteiger partial charge on any atom is 0.282 e. The zero-order valence-corrected chi connectivity index (χ0v) is 15.3. The van der Waals surface area contributed by atoms with E-state index in [9.17, 15) is 8.42 Å². The molecule has 2 rings (SSSR count). The summed E-state index contributed by atoms with van der Waals surface area (Å²) in [5, 5.41) is 0. The molecule has 0 aromatic heterocycles. The normalized spacial score (nSPS) is 19.5. The highest BCUT2D eigenvalue weighted by Gasteiger charge is 2.39. The van der Waals surface area contributed by atoms with Gasteiger partial charge in [-0.3, -0.25) is 0 Å². The second kappa shape index (κ2) is 7.07. The molecule has 1 fully saturated rings. The second-order valence-corrected chi connectivity index (χ2v) is 7.94. The molecule has 0 bridgehead atoms. The van der Waals surface area contributed by atoms with Crippen molar-refractivity contribution in [3.8, 4) is 11.5 Å². The first-order valence-electron chi connectivity index (χ1n) is 7.79. The van der Waals surface area contributed by atoms with Gasteiger partial charge in [0, 0.05) is 31.3 Å². The van der Waals surface area contributed by atoms with Gasteiger partial charge in [-0.15, -0.1) is 0 Å². The van der Waals surface area contributed by atoms with Gasteiger partial charge >= 0.3 is 0 Å². The third kappa shape index (κ3) is 3.46. The Bertz CT molecular complexity index is 645. The van der Waals surface area contributed by atoms with E-state index in [0.717, 1.165) is 18.4 Å². The van der Waals surface area contributed by atoms with Gasteiger partial charge in [0.05, 0.1) is 20.3 Å². The molecule has 0 aliphatic carbocycles. The van der Waals surface area contributed by atoms with Crippen molar-refractivity contribution < 1.29 is 17.9 Å². The van der Waals surface area contributed by atoms with Crippen LogP contribution in [-0.2, 0) is 10.2 Å². The minimum absolute atomic E-state index is 0.0842. The highest BCUT2D eigenvalue weighted by atomic mass is 32.2. The van der Waals surface area contributed by atoms with Crippen LogP contribution < -0.4 is 9.47 Å². The lowest BCUT2D eigenvalue weighted by Gasteiger charge is -2.31. The molecular formula is C16H26N2O4S. The van der Waals surface area contributed by atoms with Crippen LogP contribution in [0.25, 0.3) is 0 Å². The summed E-state index contributed by atoms with van der Waals surface area (Å²) in [5.41, 5.74) is 0.881. The van der Waals surface area contributed by atoms with Crippen LogP contribution in [0, 0.1) is 0 Å². The first kappa shape index (κ1) is 18.0. The van der Waals surface area contributed by atoms with E-state index in [0.29, 0.717) is 18.0 Å². The Morgan fingerprint density at radius 3 is 2.52 bits per heavy atom. The molecule has 1 atom stereocenters. The Labute approximate surface area is 139 Å². The molecule has 0 N–H and O–H groups in total. The van der Waals surface area contributed by atoms with Crippen LogP contribution in [-0.4, -0.2) is 50.9 Å². The first-order chi connectivity index (χ1) is 10.8. The molecule has 6 nitrogen and oxygen atoms in total. The molecule has 1 aliphatic heterocycles. The average molecular weight is 342 g/mol. The Morgan fingerprint density at radius 2 is 1.96 bits per heavy atom. The van der Waals surface area contributed by atoms with Crippen LogP contribution in [0.3, 0.4) is 0 Å². The highest BCUT2D eigenvalue weighted by molar-refractivity contribution is 7.86. The van der Waals surface area contributed by atoms with E-state index >= 15 is 0 Å². The van der Waals surface area contributed by atoms with Gasteiger partial charge in [-0.25, -0.2) is 0 Å². The van der Waals surface area contributed by atoms with Gasteiger partial charge in [0.2, 0.25) is 0 Å². The third-order valence-electron chi connectivity index (χ3n) is 4.39. The van der Waals surface area contributed by atoms with E-state index < -0.39 is 10.2 Å². The number of rotatable bonds is 6. The Kier molecular flexibility index (Phi) is 5.54. The van der Waals surface area contributed by atoms with E-state index in [-0.39, 0.29) is 12.1 Å². The molecule has 0 radical (unpaired) electrons. The smallest absolute Gasteiger partial charge is 0.282 e. The van der Waals surface area contributed by atoms with Crippen molar-refractivity contribution in [2.75, 3.05) is 27.8 Å². The number of ether oxygens (including phenoxy) is 2. The number of hydrogen-bond acceptors (Lipinski definition) is 4. The Morgan fingerprint density at radius 1 is 1.26 bits per heavy atom. The maximum absolute atomic E-state index is 12.9. The fourth-order valence-electron chi connectivity index (χ4n) is 2.85. The van der Waals surface area contributed by atoms with Crippen molar-refractivity contribution in [1.82, 2.24) is 8.61 Å². The van der Waals surface area contributed by atoms with Gasteiger partial charge in [0.15, 0.2) is 0 Å². The van der Waals surface area contributed by atoms with Gasteiger partial charge in [-0.1, -0.05) is 6.07 Å². The lowest BCUT2D eigenvalue weighted by Crippen LogP contribution is -2.44. The van der Waals surface area contributed by atoms with Crippen LogP contribution in [0.4, 0.5) is 0 Å². The summed E-state index contributed by atoms with van der Waals surface area (Å²) >= 11 is 0. The Hall–Kier alpha value is -1.31. The molecule has 0 amide bonds. The summed E-state index contributed by atoms with van der Waals surface area (Å²) in [5.74, 6) is 1.35. The SMILES string of the molecule is COc1ccc(C2CCCN2S(=O)(=O)N(C)C(C)C)c(OC)c1. The molecule has 1 aromatic carbocycles. The fourth-order valence-corrected chi connectivity index (χ4v) is 4.62. The lowest BCUT2D eigenvalue weighted by atomic mass is 10.0. The van der Waals surface area contributed by atoms with Gasteiger partial charge < -0.3 is 9.47 Å². The van der Waals surface area contributed by atoms with E-state index in [4.69, 9.17) is 9.47 Å². The van der Waals surface area contributed by atoms with E-state index in [1.165, 1.54) is 4.31 Å². The molecule has 1 aromatic rings. The zero-order chi connectivity index (χ0) is 17.2.